The predicted octanol–water partition coefficient (Wildman–Crippen LogP) is -1.47. The topological polar surface area (TPSA) is 275 Å². The highest BCUT2D eigenvalue weighted by molar-refractivity contribution is 5.88. The molecule has 2 aliphatic rings. The number of rotatable bonds is 7. The van der Waals surface area contributed by atoms with E-state index in [1.54, 1.807) is 0 Å². The Hall–Kier alpha value is -4.20. The van der Waals surface area contributed by atoms with Crippen molar-refractivity contribution in [3.05, 3.63) is 40.6 Å². The van der Waals surface area contributed by atoms with Crippen LogP contribution >= 0.6 is 0 Å². The second kappa shape index (κ2) is 12.9. The lowest BCUT2D eigenvalue weighted by molar-refractivity contribution is -0.282. The Bertz CT molecular complexity index is 1650. The average Bonchev–Trinajstić information content (AvgIpc) is 3.00. The second-order valence-corrected chi connectivity index (χ2v) is 10.8. The van der Waals surface area contributed by atoms with Crippen molar-refractivity contribution in [3.63, 3.8) is 0 Å². The van der Waals surface area contributed by atoms with E-state index in [4.69, 9.17) is 28.1 Å². The summed E-state index contributed by atoms with van der Waals surface area (Å²) in [6.45, 7) is 1.62. The Balaban J connectivity index is 1.63. The van der Waals surface area contributed by atoms with E-state index in [0.717, 1.165) is 31.2 Å². The van der Waals surface area contributed by atoms with Gasteiger partial charge in [0.25, 0.3) is 0 Å². The molecule has 250 valence electrons. The number of fused-ring (bicyclic) bond motifs is 1. The first kappa shape index (κ1) is 33.2. The summed E-state index contributed by atoms with van der Waals surface area (Å²) >= 11 is 0. The molecule has 0 spiro atoms. The van der Waals surface area contributed by atoms with Crippen molar-refractivity contribution in [2.45, 2.75) is 75.3 Å². The highest BCUT2D eigenvalue weighted by Crippen LogP contribution is 2.40. The molecule has 17 heteroatoms. The fourth-order valence-electron chi connectivity index (χ4n) is 5.12. The van der Waals surface area contributed by atoms with Gasteiger partial charge in [-0.3, -0.25) is 9.59 Å². The van der Waals surface area contributed by atoms with Crippen molar-refractivity contribution in [3.8, 4) is 40.1 Å². The number of benzene rings is 2. The molecule has 2 aliphatic heterocycles. The minimum atomic E-state index is -1.85. The Morgan fingerprint density at radius 1 is 0.826 bits per heavy atom. The summed E-state index contributed by atoms with van der Waals surface area (Å²) < 4.78 is 33.3. The normalized spacial score (nSPS) is 31.4. The van der Waals surface area contributed by atoms with Gasteiger partial charge in [0, 0.05) is 24.6 Å². The van der Waals surface area contributed by atoms with Crippen molar-refractivity contribution in [2.24, 2.45) is 0 Å². The molecule has 0 unspecified atom stereocenters. The standard InChI is InChI=1S/C29H32O17/c1-9-19(35)22(38)24(40)28(41-9)43-12-6-15(34)18-16(7-12)44-25(11-3-4-13(32)14(33)5-11)26(21(18)37)46-29-27(42-10(2)31)23(39)20(36)17(8-30)45-29/h3-7,9,17,19-20,22-24,27-30,32-36,38-40H,8H2,1-2H3/t9-,17-,19-,20-,22+,23+,24+,27-,28-,29+/m1/s1. The van der Waals surface area contributed by atoms with Crippen molar-refractivity contribution >= 4 is 16.9 Å². The number of phenols is 3. The number of aliphatic hydroxyl groups is 6. The second-order valence-electron chi connectivity index (χ2n) is 10.8. The molecular formula is C29H32O17. The minimum Gasteiger partial charge on any atom is -0.507 e. The van der Waals surface area contributed by atoms with Crippen LogP contribution in [0.15, 0.2) is 39.5 Å². The van der Waals surface area contributed by atoms with Crippen molar-refractivity contribution in [1.29, 1.82) is 0 Å². The first-order chi connectivity index (χ1) is 21.7. The smallest absolute Gasteiger partial charge is 0.303 e. The fraction of sp³-hybridized carbons (Fsp3) is 0.448. The molecule has 2 fully saturated rings. The molecule has 46 heavy (non-hydrogen) atoms. The molecule has 10 atom stereocenters. The van der Waals surface area contributed by atoms with Gasteiger partial charge >= 0.3 is 5.97 Å². The average molecular weight is 653 g/mol. The lowest BCUT2D eigenvalue weighted by Gasteiger charge is -2.41. The molecule has 9 N–H and O–H groups in total. The molecule has 0 bridgehead atoms. The number of carbonyl (C=O) groups is 1. The molecule has 5 rings (SSSR count). The van der Waals surface area contributed by atoms with Gasteiger partial charge in [-0.1, -0.05) is 0 Å². The third-order valence-corrected chi connectivity index (χ3v) is 7.57. The van der Waals surface area contributed by atoms with Crippen molar-refractivity contribution in [2.75, 3.05) is 6.61 Å². The number of carbonyl (C=O) groups excluding carboxylic acids is 1. The fourth-order valence-corrected chi connectivity index (χ4v) is 5.12. The van der Waals surface area contributed by atoms with Gasteiger partial charge < -0.3 is 74.1 Å². The minimum absolute atomic E-state index is 0.0637. The Morgan fingerprint density at radius 3 is 2.20 bits per heavy atom. The van der Waals surface area contributed by atoms with Crippen LogP contribution in [-0.4, -0.2) is 120 Å². The molecule has 3 heterocycles. The van der Waals surface area contributed by atoms with Gasteiger partial charge in [0.2, 0.25) is 23.8 Å². The molecule has 3 aromatic rings. The maximum atomic E-state index is 13.9. The van der Waals surface area contributed by atoms with Crippen LogP contribution in [0.3, 0.4) is 0 Å². The van der Waals surface area contributed by atoms with E-state index in [0.29, 0.717) is 0 Å². The largest absolute Gasteiger partial charge is 0.507 e. The van der Waals surface area contributed by atoms with E-state index < -0.39 is 114 Å². The maximum absolute atomic E-state index is 13.9. The number of phenolic OH excluding ortho intramolecular Hbond substituents is 3. The van der Waals surface area contributed by atoms with E-state index in [2.05, 4.69) is 0 Å². The van der Waals surface area contributed by atoms with Crippen molar-refractivity contribution < 1.29 is 78.9 Å². The number of hydrogen-bond acceptors (Lipinski definition) is 17. The SMILES string of the molecule is CC(=O)O[C@H]1[C@H](Oc2c(-c3ccc(O)c(O)c3)oc3cc(O[C@H]4O[C@H](C)[C@@H](O)[C@H](O)[C@@H]4O)cc(O)c3c2=O)O[C@H](CO)[C@@H](O)[C@@H]1O. The Morgan fingerprint density at radius 2 is 1.54 bits per heavy atom. The van der Waals surface area contributed by atoms with Gasteiger partial charge in [0.15, 0.2) is 23.4 Å². The Kier molecular flexibility index (Phi) is 9.30. The quantitative estimate of drug-likeness (QED) is 0.104. The molecule has 1 aromatic heterocycles. The zero-order chi connectivity index (χ0) is 33.6. The van der Waals surface area contributed by atoms with E-state index in [9.17, 15) is 55.5 Å². The summed E-state index contributed by atoms with van der Waals surface area (Å²) in [7, 11) is 0. The van der Waals surface area contributed by atoms with Crippen LogP contribution in [0, 0.1) is 0 Å². The van der Waals surface area contributed by atoms with Gasteiger partial charge in [-0.25, -0.2) is 0 Å². The van der Waals surface area contributed by atoms with Gasteiger partial charge in [0.1, 0.15) is 59.1 Å². The maximum Gasteiger partial charge on any atom is 0.303 e. The highest BCUT2D eigenvalue weighted by Gasteiger charge is 2.48. The zero-order valence-electron chi connectivity index (χ0n) is 24.2. The molecule has 2 saturated heterocycles. The zero-order valence-corrected chi connectivity index (χ0v) is 24.2. The number of aromatic hydroxyl groups is 3. The Labute approximate surface area is 258 Å². The number of aliphatic hydroxyl groups excluding tert-OH is 6. The third-order valence-electron chi connectivity index (χ3n) is 7.57. The predicted molar refractivity (Wildman–Crippen MR) is 150 cm³/mol. The van der Waals surface area contributed by atoms with Gasteiger partial charge in [-0.15, -0.1) is 0 Å². The molecule has 0 amide bonds. The highest BCUT2D eigenvalue weighted by atomic mass is 16.7. The number of esters is 1. The summed E-state index contributed by atoms with van der Waals surface area (Å²) in [5.74, 6) is -4.15. The third kappa shape index (κ3) is 6.14. The van der Waals surface area contributed by atoms with E-state index in [1.807, 2.05) is 0 Å². The molecular weight excluding hydrogens is 620 g/mol. The molecule has 0 radical (unpaired) electrons. The van der Waals surface area contributed by atoms with Gasteiger partial charge in [-0.2, -0.15) is 0 Å². The van der Waals surface area contributed by atoms with Gasteiger partial charge in [-0.05, 0) is 25.1 Å². The van der Waals surface area contributed by atoms with E-state index in [-0.39, 0.29) is 16.9 Å². The van der Waals surface area contributed by atoms with Crippen LogP contribution in [-0.2, 0) is 19.0 Å². The van der Waals surface area contributed by atoms with Crippen LogP contribution in [0.5, 0.6) is 28.7 Å². The number of hydrogen-bond donors (Lipinski definition) is 9. The van der Waals surface area contributed by atoms with Crippen LogP contribution in [0.2, 0.25) is 0 Å². The van der Waals surface area contributed by atoms with Crippen LogP contribution < -0.4 is 14.9 Å². The summed E-state index contributed by atoms with van der Waals surface area (Å²) in [5.41, 5.74) is -1.45. The first-order valence-corrected chi connectivity index (χ1v) is 13.9. The lowest BCUT2D eigenvalue weighted by atomic mass is 9.99. The number of ether oxygens (including phenoxy) is 5. The first-order valence-electron chi connectivity index (χ1n) is 13.9. The lowest BCUT2D eigenvalue weighted by Crippen LogP contribution is -2.61. The molecule has 17 nitrogen and oxygen atoms in total. The van der Waals surface area contributed by atoms with Crippen LogP contribution in [0.25, 0.3) is 22.3 Å². The summed E-state index contributed by atoms with van der Waals surface area (Å²) in [4.78, 5) is 25.7. The molecule has 0 aliphatic carbocycles. The summed E-state index contributed by atoms with van der Waals surface area (Å²) in [6, 6.07) is 5.40. The monoisotopic (exact) mass is 652 g/mol. The molecule has 0 saturated carbocycles. The van der Waals surface area contributed by atoms with E-state index >= 15 is 0 Å². The van der Waals surface area contributed by atoms with Crippen LogP contribution in [0.1, 0.15) is 13.8 Å². The van der Waals surface area contributed by atoms with Gasteiger partial charge in [0.05, 0.1) is 12.7 Å². The molecule has 2 aromatic carbocycles. The summed E-state index contributed by atoms with van der Waals surface area (Å²) in [5, 5.41) is 91.5. The summed E-state index contributed by atoms with van der Waals surface area (Å²) in [6.07, 6.45) is -15.8. The van der Waals surface area contributed by atoms with E-state index in [1.165, 1.54) is 13.0 Å². The van der Waals surface area contributed by atoms with Crippen LogP contribution in [0.4, 0.5) is 0 Å². The van der Waals surface area contributed by atoms with Crippen molar-refractivity contribution in [1.82, 2.24) is 0 Å².